The lowest BCUT2D eigenvalue weighted by Crippen LogP contribution is -2.46. The van der Waals surface area contributed by atoms with Crippen LogP contribution < -0.4 is 5.32 Å². The average molecular weight is 291 g/mol. The molecule has 1 aliphatic rings. The molecule has 2 rings (SSSR count). The van der Waals surface area contributed by atoms with Crippen LogP contribution in [-0.2, 0) is 19.8 Å². The number of carbonyl (C=O) groups is 1. The van der Waals surface area contributed by atoms with Gasteiger partial charge in [-0.2, -0.15) is 0 Å². The van der Waals surface area contributed by atoms with Crippen molar-refractivity contribution in [3.8, 4) is 0 Å². The number of rotatable bonds is 7. The van der Waals surface area contributed by atoms with Gasteiger partial charge in [-0.1, -0.05) is 30.3 Å². The van der Waals surface area contributed by atoms with E-state index >= 15 is 0 Å². The summed E-state index contributed by atoms with van der Waals surface area (Å²) in [5, 5.41) is 3.12. The molecule has 1 saturated heterocycles. The van der Waals surface area contributed by atoms with Crippen LogP contribution in [0, 0.1) is 0 Å². The molecule has 2 atom stereocenters. The molecule has 1 amide bonds. The van der Waals surface area contributed by atoms with Crippen molar-refractivity contribution in [1.82, 2.24) is 5.32 Å². The van der Waals surface area contributed by atoms with E-state index in [1.165, 1.54) is 0 Å². The molecule has 0 unspecified atom stereocenters. The summed E-state index contributed by atoms with van der Waals surface area (Å²) >= 11 is 0. The van der Waals surface area contributed by atoms with Gasteiger partial charge in [-0.25, -0.2) is 0 Å². The van der Waals surface area contributed by atoms with E-state index in [0.29, 0.717) is 13.0 Å². The summed E-state index contributed by atoms with van der Waals surface area (Å²) in [6.45, 7) is 3.27. The number of hydrogen-bond donors (Lipinski definition) is 1. The quantitative estimate of drug-likeness (QED) is 0.840. The number of nitrogens with one attached hydrogen (secondary N) is 1. The van der Waals surface area contributed by atoms with Gasteiger partial charge in [-0.15, -0.1) is 0 Å². The van der Waals surface area contributed by atoms with Crippen LogP contribution >= 0.6 is 0 Å². The number of ether oxygens (including phenoxy) is 2. The highest BCUT2D eigenvalue weighted by Gasteiger charge is 2.28. The molecule has 0 spiro atoms. The number of methoxy groups -OCH3 is 1. The zero-order valence-corrected chi connectivity index (χ0v) is 12.9. The van der Waals surface area contributed by atoms with Crippen molar-refractivity contribution in [2.24, 2.45) is 0 Å². The molecular weight excluding hydrogens is 266 g/mol. The van der Waals surface area contributed by atoms with Gasteiger partial charge in [-0.3, -0.25) is 4.79 Å². The second kappa shape index (κ2) is 7.57. The zero-order chi connectivity index (χ0) is 15.1. The van der Waals surface area contributed by atoms with Gasteiger partial charge in [-0.05, 0) is 31.7 Å². The summed E-state index contributed by atoms with van der Waals surface area (Å²) in [6, 6.07) is 9.94. The summed E-state index contributed by atoms with van der Waals surface area (Å²) < 4.78 is 10.9. The van der Waals surface area contributed by atoms with E-state index in [-0.39, 0.29) is 12.0 Å². The van der Waals surface area contributed by atoms with Crippen molar-refractivity contribution in [2.45, 2.75) is 44.2 Å². The van der Waals surface area contributed by atoms with Crippen LogP contribution in [0.1, 0.15) is 38.2 Å². The normalized spacial score (nSPS) is 21.0. The summed E-state index contributed by atoms with van der Waals surface area (Å²) in [5.41, 5.74) is 0.557. The van der Waals surface area contributed by atoms with Crippen LogP contribution in [0.3, 0.4) is 0 Å². The van der Waals surface area contributed by atoms with Gasteiger partial charge >= 0.3 is 0 Å². The fourth-order valence-corrected chi connectivity index (χ4v) is 2.82. The molecule has 1 aromatic rings. The minimum absolute atomic E-state index is 0.0499. The highest BCUT2D eigenvalue weighted by molar-refractivity contribution is 5.77. The molecule has 1 aliphatic heterocycles. The summed E-state index contributed by atoms with van der Waals surface area (Å²) in [4.78, 5) is 12.2. The maximum Gasteiger partial charge on any atom is 0.220 e. The van der Waals surface area contributed by atoms with Gasteiger partial charge in [0.15, 0.2) is 0 Å². The van der Waals surface area contributed by atoms with E-state index < -0.39 is 5.54 Å². The van der Waals surface area contributed by atoms with E-state index in [4.69, 9.17) is 9.47 Å². The zero-order valence-electron chi connectivity index (χ0n) is 12.9. The average Bonchev–Trinajstić information content (AvgIpc) is 3.00. The number of hydrogen-bond acceptors (Lipinski definition) is 3. The van der Waals surface area contributed by atoms with Crippen molar-refractivity contribution < 1.29 is 14.3 Å². The Labute approximate surface area is 126 Å². The SMILES string of the molecule is COC[C@@](C)(NC(=O)CC[C@@H]1CCCO1)c1ccccc1. The van der Waals surface area contributed by atoms with E-state index in [1.807, 2.05) is 37.3 Å². The fraction of sp³-hybridized carbons (Fsp3) is 0.588. The monoisotopic (exact) mass is 291 g/mol. The molecule has 1 aromatic carbocycles. The molecule has 0 bridgehead atoms. The fourth-order valence-electron chi connectivity index (χ4n) is 2.82. The van der Waals surface area contributed by atoms with Crippen molar-refractivity contribution in [1.29, 1.82) is 0 Å². The maximum absolute atomic E-state index is 12.2. The summed E-state index contributed by atoms with van der Waals surface area (Å²) in [7, 11) is 1.65. The smallest absolute Gasteiger partial charge is 0.220 e. The van der Waals surface area contributed by atoms with E-state index in [0.717, 1.165) is 31.4 Å². The lowest BCUT2D eigenvalue weighted by molar-refractivity contribution is -0.124. The third-order valence-corrected chi connectivity index (χ3v) is 3.98. The van der Waals surface area contributed by atoms with Crippen LogP contribution in [0.2, 0.25) is 0 Å². The molecule has 21 heavy (non-hydrogen) atoms. The molecule has 1 heterocycles. The van der Waals surface area contributed by atoms with Crippen LogP contribution in [0.25, 0.3) is 0 Å². The molecule has 0 aromatic heterocycles. The van der Waals surface area contributed by atoms with Crippen LogP contribution in [0.15, 0.2) is 30.3 Å². The molecule has 0 aliphatic carbocycles. The van der Waals surface area contributed by atoms with Crippen molar-refractivity contribution >= 4 is 5.91 Å². The van der Waals surface area contributed by atoms with Gasteiger partial charge in [0.25, 0.3) is 0 Å². The predicted molar refractivity (Wildman–Crippen MR) is 82.0 cm³/mol. The first-order valence-corrected chi connectivity index (χ1v) is 7.61. The molecule has 0 saturated carbocycles. The predicted octanol–water partition coefficient (Wildman–Crippen LogP) is 2.62. The molecule has 4 heteroatoms. The second-order valence-electron chi connectivity index (χ2n) is 5.85. The number of carbonyl (C=O) groups excluding carboxylic acids is 1. The number of amides is 1. The Hall–Kier alpha value is -1.39. The first-order chi connectivity index (χ1) is 10.1. The van der Waals surface area contributed by atoms with Crippen LogP contribution in [0.4, 0.5) is 0 Å². The van der Waals surface area contributed by atoms with Gasteiger partial charge in [0.1, 0.15) is 0 Å². The third kappa shape index (κ3) is 4.55. The largest absolute Gasteiger partial charge is 0.382 e. The van der Waals surface area contributed by atoms with Crippen molar-refractivity contribution in [3.63, 3.8) is 0 Å². The highest BCUT2D eigenvalue weighted by atomic mass is 16.5. The molecular formula is C17H25NO3. The highest BCUT2D eigenvalue weighted by Crippen LogP contribution is 2.22. The van der Waals surface area contributed by atoms with Crippen LogP contribution in [0.5, 0.6) is 0 Å². The van der Waals surface area contributed by atoms with E-state index in [2.05, 4.69) is 5.32 Å². The Morgan fingerprint density at radius 2 is 2.19 bits per heavy atom. The molecule has 116 valence electrons. The Morgan fingerprint density at radius 1 is 1.43 bits per heavy atom. The van der Waals surface area contributed by atoms with Gasteiger partial charge in [0, 0.05) is 20.1 Å². The minimum Gasteiger partial charge on any atom is -0.382 e. The maximum atomic E-state index is 12.2. The third-order valence-electron chi connectivity index (χ3n) is 3.98. The standard InChI is InChI=1S/C17H25NO3/c1-17(13-20-2,14-7-4-3-5-8-14)18-16(19)11-10-15-9-6-12-21-15/h3-5,7-8,15H,6,9-13H2,1-2H3,(H,18,19)/t15-,17+/m0/s1. The molecule has 0 radical (unpaired) electrons. The van der Waals surface area contributed by atoms with Crippen molar-refractivity contribution in [3.05, 3.63) is 35.9 Å². The molecule has 1 N–H and O–H groups in total. The Kier molecular flexibility index (Phi) is 5.76. The van der Waals surface area contributed by atoms with E-state index in [9.17, 15) is 4.79 Å². The van der Waals surface area contributed by atoms with Crippen molar-refractivity contribution in [2.75, 3.05) is 20.3 Å². The Bertz CT molecular complexity index is 443. The lowest BCUT2D eigenvalue weighted by atomic mass is 9.92. The molecule has 1 fully saturated rings. The van der Waals surface area contributed by atoms with Crippen LogP contribution in [-0.4, -0.2) is 32.3 Å². The first-order valence-electron chi connectivity index (χ1n) is 7.61. The summed E-state index contributed by atoms with van der Waals surface area (Å²) in [5.74, 6) is 0.0499. The van der Waals surface area contributed by atoms with Gasteiger partial charge in [0.2, 0.25) is 5.91 Å². The first kappa shape index (κ1) is 16.0. The Morgan fingerprint density at radius 3 is 2.81 bits per heavy atom. The Balaban J connectivity index is 1.93. The minimum atomic E-state index is -0.496. The summed E-state index contributed by atoms with van der Waals surface area (Å²) in [6.07, 6.45) is 3.72. The van der Waals surface area contributed by atoms with Gasteiger partial charge < -0.3 is 14.8 Å². The second-order valence-corrected chi connectivity index (χ2v) is 5.85. The van der Waals surface area contributed by atoms with Gasteiger partial charge in [0.05, 0.1) is 18.2 Å². The van der Waals surface area contributed by atoms with E-state index in [1.54, 1.807) is 7.11 Å². The topological polar surface area (TPSA) is 47.6 Å². The molecule has 4 nitrogen and oxygen atoms in total. The number of benzene rings is 1. The lowest BCUT2D eigenvalue weighted by Gasteiger charge is -2.31.